The van der Waals surface area contributed by atoms with E-state index in [-0.39, 0.29) is 5.91 Å². The average molecular weight is 433 g/mol. The largest absolute Gasteiger partial charge is 0.339 e. The van der Waals surface area contributed by atoms with Gasteiger partial charge in [0.25, 0.3) is 5.91 Å². The standard InChI is InChI=1S/C26H32N4O2/c31-25-7-3-6-24-20-14-18(16-30(24)25)15-29(17-20)21-10-12-28(13-11-21)26(32)23-9-8-19-4-1-2-5-22(19)27-23/h1-2,4-5,8-9,18,20-21,24H,3,6-7,10-17H2/t18?,20?,24-/m1/s1. The maximum Gasteiger partial charge on any atom is 0.272 e. The van der Waals surface area contributed by atoms with Crippen molar-refractivity contribution < 1.29 is 9.59 Å². The molecule has 6 nitrogen and oxygen atoms in total. The lowest BCUT2D eigenvalue weighted by molar-refractivity contribution is -0.145. The molecule has 2 unspecified atom stereocenters. The van der Waals surface area contributed by atoms with Crippen LogP contribution in [-0.2, 0) is 4.79 Å². The van der Waals surface area contributed by atoms with Gasteiger partial charge in [-0.05, 0) is 56.1 Å². The van der Waals surface area contributed by atoms with Crippen LogP contribution in [0.15, 0.2) is 36.4 Å². The molecule has 6 heteroatoms. The first-order valence-corrected chi connectivity index (χ1v) is 12.3. The number of hydrogen-bond donors (Lipinski definition) is 0. The fourth-order valence-electron chi connectivity index (χ4n) is 6.73. The molecule has 3 atom stereocenters. The number of fused-ring (bicyclic) bond motifs is 5. The van der Waals surface area contributed by atoms with E-state index in [4.69, 9.17) is 0 Å². The van der Waals surface area contributed by atoms with Gasteiger partial charge < -0.3 is 9.80 Å². The molecule has 4 aliphatic heterocycles. The van der Waals surface area contributed by atoms with Crippen molar-refractivity contribution in [2.24, 2.45) is 11.8 Å². The highest BCUT2D eigenvalue weighted by atomic mass is 16.2. The minimum Gasteiger partial charge on any atom is -0.339 e. The van der Waals surface area contributed by atoms with Gasteiger partial charge >= 0.3 is 0 Å². The highest BCUT2D eigenvalue weighted by molar-refractivity contribution is 5.95. The summed E-state index contributed by atoms with van der Waals surface area (Å²) >= 11 is 0. The molecular weight excluding hydrogens is 400 g/mol. The molecule has 5 heterocycles. The Morgan fingerprint density at radius 2 is 1.81 bits per heavy atom. The zero-order valence-electron chi connectivity index (χ0n) is 18.7. The first-order chi connectivity index (χ1) is 15.7. The van der Waals surface area contributed by atoms with Crippen LogP contribution < -0.4 is 0 Å². The van der Waals surface area contributed by atoms with Gasteiger partial charge in [-0.1, -0.05) is 24.3 Å². The highest BCUT2D eigenvalue weighted by Crippen LogP contribution is 2.39. The molecule has 2 aromatic rings. The summed E-state index contributed by atoms with van der Waals surface area (Å²) in [5, 5.41) is 1.07. The molecule has 4 saturated heterocycles. The van der Waals surface area contributed by atoms with Crippen LogP contribution in [0.4, 0.5) is 0 Å². The van der Waals surface area contributed by atoms with Crippen LogP contribution in [0.2, 0.25) is 0 Å². The third-order valence-corrected chi connectivity index (χ3v) is 8.29. The lowest BCUT2D eigenvalue weighted by Crippen LogP contribution is -2.62. The lowest BCUT2D eigenvalue weighted by atomic mass is 9.75. The van der Waals surface area contributed by atoms with Crippen LogP contribution >= 0.6 is 0 Å². The van der Waals surface area contributed by atoms with E-state index in [1.807, 2.05) is 41.3 Å². The smallest absolute Gasteiger partial charge is 0.272 e. The van der Waals surface area contributed by atoms with E-state index in [9.17, 15) is 9.59 Å². The minimum absolute atomic E-state index is 0.0566. The number of pyridine rings is 1. The Labute approximate surface area is 189 Å². The van der Waals surface area contributed by atoms with Crippen LogP contribution in [-0.4, -0.2) is 76.3 Å². The number of carbonyl (C=O) groups is 2. The van der Waals surface area contributed by atoms with Crippen molar-refractivity contribution in [3.8, 4) is 0 Å². The van der Waals surface area contributed by atoms with Gasteiger partial charge in [0.05, 0.1) is 5.52 Å². The zero-order valence-corrected chi connectivity index (χ0v) is 18.7. The van der Waals surface area contributed by atoms with E-state index >= 15 is 0 Å². The van der Waals surface area contributed by atoms with Gasteiger partial charge in [0.15, 0.2) is 0 Å². The number of aromatic nitrogens is 1. The number of likely N-dealkylation sites (tertiary alicyclic amines) is 2. The molecule has 2 bridgehead atoms. The van der Waals surface area contributed by atoms with Crippen molar-refractivity contribution in [2.45, 2.75) is 50.6 Å². The second-order valence-corrected chi connectivity index (χ2v) is 10.2. The zero-order chi connectivity index (χ0) is 21.7. The summed E-state index contributed by atoms with van der Waals surface area (Å²) in [5.41, 5.74) is 1.43. The van der Waals surface area contributed by atoms with E-state index in [1.54, 1.807) is 0 Å². The van der Waals surface area contributed by atoms with Gasteiger partial charge in [-0.15, -0.1) is 0 Å². The normalized spacial score (nSPS) is 29.2. The second kappa shape index (κ2) is 8.14. The molecule has 4 aliphatic rings. The predicted octanol–water partition coefficient (Wildman–Crippen LogP) is 3.17. The van der Waals surface area contributed by atoms with E-state index in [0.29, 0.717) is 35.5 Å². The molecule has 0 N–H and O–H groups in total. The summed E-state index contributed by atoms with van der Waals surface area (Å²) in [6.07, 6.45) is 6.35. The van der Waals surface area contributed by atoms with Crippen molar-refractivity contribution in [3.63, 3.8) is 0 Å². The Morgan fingerprint density at radius 3 is 2.69 bits per heavy atom. The molecule has 1 aromatic carbocycles. The molecule has 0 saturated carbocycles. The van der Waals surface area contributed by atoms with Crippen LogP contribution in [0.25, 0.3) is 10.9 Å². The fraction of sp³-hybridized carbons (Fsp3) is 0.577. The molecule has 4 fully saturated rings. The summed E-state index contributed by atoms with van der Waals surface area (Å²) in [6, 6.07) is 12.8. The minimum atomic E-state index is 0.0566. The van der Waals surface area contributed by atoms with Gasteiger partial charge in [-0.2, -0.15) is 0 Å². The number of amides is 2. The number of benzene rings is 1. The van der Waals surface area contributed by atoms with Gasteiger partial charge in [-0.25, -0.2) is 4.98 Å². The van der Waals surface area contributed by atoms with Crippen LogP contribution in [0.1, 0.15) is 49.0 Å². The predicted molar refractivity (Wildman–Crippen MR) is 123 cm³/mol. The van der Waals surface area contributed by atoms with Crippen LogP contribution in [0.5, 0.6) is 0 Å². The molecule has 32 heavy (non-hydrogen) atoms. The number of hydrogen-bond acceptors (Lipinski definition) is 4. The molecule has 0 spiro atoms. The molecule has 1 aromatic heterocycles. The van der Waals surface area contributed by atoms with Crippen molar-refractivity contribution >= 4 is 22.7 Å². The summed E-state index contributed by atoms with van der Waals surface area (Å²) in [4.78, 5) is 37.0. The van der Waals surface area contributed by atoms with Gasteiger partial charge in [-0.3, -0.25) is 14.5 Å². The SMILES string of the molecule is O=C(c1ccc2ccccc2n1)N1CCC(N2CC3CC(C2)[C@H]2CCCC(=O)N2C3)CC1. The number of carbonyl (C=O) groups excluding carboxylic acids is 2. The van der Waals surface area contributed by atoms with Gasteiger partial charge in [0, 0.05) is 56.6 Å². The Kier molecular flexibility index (Phi) is 5.13. The summed E-state index contributed by atoms with van der Waals surface area (Å²) < 4.78 is 0. The fourth-order valence-corrected chi connectivity index (χ4v) is 6.73. The van der Waals surface area contributed by atoms with Crippen molar-refractivity contribution in [3.05, 3.63) is 42.1 Å². The van der Waals surface area contributed by atoms with E-state index in [2.05, 4.69) is 14.8 Å². The first-order valence-electron chi connectivity index (χ1n) is 12.3. The van der Waals surface area contributed by atoms with Crippen molar-refractivity contribution in [1.29, 1.82) is 0 Å². The van der Waals surface area contributed by atoms with E-state index < -0.39 is 0 Å². The first kappa shape index (κ1) is 20.2. The Bertz CT molecular complexity index is 1030. The van der Waals surface area contributed by atoms with Crippen LogP contribution in [0, 0.1) is 11.8 Å². The van der Waals surface area contributed by atoms with E-state index in [0.717, 1.165) is 69.3 Å². The summed E-state index contributed by atoms with van der Waals surface area (Å²) in [6.45, 7) is 4.80. The monoisotopic (exact) mass is 432 g/mol. The molecule has 6 rings (SSSR count). The maximum atomic E-state index is 13.1. The van der Waals surface area contributed by atoms with Crippen molar-refractivity contribution in [1.82, 2.24) is 19.7 Å². The number of rotatable bonds is 2. The Hall–Kier alpha value is -2.47. The number of piperidine rings is 4. The lowest BCUT2D eigenvalue weighted by Gasteiger charge is -2.54. The quantitative estimate of drug-likeness (QED) is 0.732. The number of nitrogens with zero attached hydrogens (tertiary/aromatic N) is 4. The molecule has 0 radical (unpaired) electrons. The summed E-state index contributed by atoms with van der Waals surface area (Å²) in [7, 11) is 0. The maximum absolute atomic E-state index is 13.1. The van der Waals surface area contributed by atoms with Gasteiger partial charge in [0.1, 0.15) is 5.69 Å². The van der Waals surface area contributed by atoms with Crippen LogP contribution in [0.3, 0.4) is 0 Å². The Balaban J connectivity index is 1.09. The number of para-hydroxylation sites is 1. The topological polar surface area (TPSA) is 56.8 Å². The third-order valence-electron chi connectivity index (χ3n) is 8.29. The second-order valence-electron chi connectivity index (χ2n) is 10.2. The third kappa shape index (κ3) is 3.58. The highest BCUT2D eigenvalue weighted by Gasteiger charge is 2.45. The molecular formula is C26H32N4O2. The van der Waals surface area contributed by atoms with E-state index in [1.165, 1.54) is 12.8 Å². The molecule has 2 amide bonds. The molecule has 0 aliphatic carbocycles. The molecule has 168 valence electrons. The Morgan fingerprint density at radius 1 is 0.969 bits per heavy atom. The summed E-state index contributed by atoms with van der Waals surface area (Å²) in [5.74, 6) is 1.70. The van der Waals surface area contributed by atoms with Gasteiger partial charge in [0.2, 0.25) is 5.91 Å². The average Bonchev–Trinajstić information content (AvgIpc) is 2.84. The van der Waals surface area contributed by atoms with Crippen molar-refractivity contribution in [2.75, 3.05) is 32.7 Å².